The van der Waals surface area contributed by atoms with E-state index >= 15 is 0 Å². The summed E-state index contributed by atoms with van der Waals surface area (Å²) in [5.41, 5.74) is 0. The van der Waals surface area contributed by atoms with Crippen molar-refractivity contribution in [1.29, 1.82) is 0 Å². The fraction of sp³-hybridized carbons (Fsp3) is 0.667. The number of likely N-dealkylation sites (tertiary alicyclic amines) is 1. The molecule has 112 valence electrons. The molecule has 1 aliphatic heterocycles. The van der Waals surface area contributed by atoms with Gasteiger partial charge in [-0.05, 0) is 45.5 Å². The quantitative estimate of drug-likeness (QED) is 0.825. The minimum absolute atomic E-state index is 0.0138. The molecule has 1 fully saturated rings. The highest BCUT2D eigenvalue weighted by Crippen LogP contribution is 2.14. The largest absolute Gasteiger partial charge is 0.467 e. The molecular formula is C15H25N3O2. The van der Waals surface area contributed by atoms with Crippen molar-refractivity contribution in [2.75, 3.05) is 20.1 Å². The van der Waals surface area contributed by atoms with Crippen molar-refractivity contribution in [2.45, 2.75) is 44.8 Å². The number of furan rings is 1. The number of carbonyl (C=O) groups excluding carboxylic acids is 1. The van der Waals surface area contributed by atoms with E-state index in [1.54, 1.807) is 6.26 Å². The van der Waals surface area contributed by atoms with Gasteiger partial charge in [-0.15, -0.1) is 0 Å². The number of likely N-dealkylation sites (N-methyl/N-ethyl adjacent to an activating group) is 1. The standard InChI is InChI=1S/C15H25N3O2/c1-12(15(19)17-11-14-7-5-9-20-14)16-10-13-6-3-4-8-18(13)2/h5,7,9,12-13,16H,3-4,6,8,10-11H2,1-2H3,(H,17,19). The SMILES string of the molecule is CC(NCC1CCCCN1C)C(=O)NCc1ccco1. The summed E-state index contributed by atoms with van der Waals surface area (Å²) < 4.78 is 5.19. The molecule has 2 atom stereocenters. The summed E-state index contributed by atoms with van der Waals surface area (Å²) in [4.78, 5) is 14.3. The second-order valence-electron chi connectivity index (χ2n) is 5.56. The van der Waals surface area contributed by atoms with Crippen LogP contribution in [0.2, 0.25) is 0 Å². The van der Waals surface area contributed by atoms with Crippen molar-refractivity contribution in [3.63, 3.8) is 0 Å². The predicted molar refractivity (Wildman–Crippen MR) is 78.3 cm³/mol. The van der Waals surface area contributed by atoms with E-state index in [1.807, 2.05) is 19.1 Å². The molecule has 1 aromatic rings. The van der Waals surface area contributed by atoms with Crippen molar-refractivity contribution in [3.8, 4) is 0 Å². The molecule has 0 spiro atoms. The smallest absolute Gasteiger partial charge is 0.237 e. The van der Waals surface area contributed by atoms with Crippen LogP contribution >= 0.6 is 0 Å². The molecule has 0 aliphatic carbocycles. The van der Waals surface area contributed by atoms with Gasteiger partial charge in [0.15, 0.2) is 0 Å². The molecule has 20 heavy (non-hydrogen) atoms. The fourth-order valence-electron chi connectivity index (χ4n) is 2.55. The number of amides is 1. The summed E-state index contributed by atoms with van der Waals surface area (Å²) >= 11 is 0. The van der Waals surface area contributed by atoms with E-state index in [-0.39, 0.29) is 11.9 Å². The molecule has 1 aromatic heterocycles. The normalized spacial score (nSPS) is 21.6. The molecule has 5 nitrogen and oxygen atoms in total. The van der Waals surface area contributed by atoms with Gasteiger partial charge in [0.25, 0.3) is 0 Å². The van der Waals surface area contributed by atoms with Crippen molar-refractivity contribution in [3.05, 3.63) is 24.2 Å². The average Bonchev–Trinajstić information content (AvgIpc) is 2.97. The highest BCUT2D eigenvalue weighted by atomic mass is 16.3. The maximum absolute atomic E-state index is 12.0. The number of nitrogens with zero attached hydrogens (tertiary/aromatic N) is 1. The van der Waals surface area contributed by atoms with Crippen molar-refractivity contribution in [1.82, 2.24) is 15.5 Å². The summed E-state index contributed by atoms with van der Waals surface area (Å²) in [6, 6.07) is 4.04. The minimum atomic E-state index is -0.180. The molecule has 1 amide bonds. The van der Waals surface area contributed by atoms with Gasteiger partial charge >= 0.3 is 0 Å². The lowest BCUT2D eigenvalue weighted by molar-refractivity contribution is -0.123. The average molecular weight is 279 g/mol. The molecule has 0 saturated carbocycles. The van der Waals surface area contributed by atoms with Crippen molar-refractivity contribution >= 4 is 5.91 Å². The second kappa shape index (κ2) is 7.45. The van der Waals surface area contributed by atoms with E-state index in [2.05, 4.69) is 22.6 Å². The monoisotopic (exact) mass is 279 g/mol. The van der Waals surface area contributed by atoms with Crippen LogP contribution in [0.15, 0.2) is 22.8 Å². The first-order valence-electron chi connectivity index (χ1n) is 7.40. The Hall–Kier alpha value is -1.33. The van der Waals surface area contributed by atoms with Crippen molar-refractivity contribution in [2.24, 2.45) is 0 Å². The Morgan fingerprint density at radius 3 is 3.10 bits per heavy atom. The molecule has 0 bridgehead atoms. The maximum Gasteiger partial charge on any atom is 0.237 e. The first-order valence-corrected chi connectivity index (χ1v) is 7.40. The van der Waals surface area contributed by atoms with Crippen LogP contribution in [-0.4, -0.2) is 43.0 Å². The third-order valence-corrected chi connectivity index (χ3v) is 3.99. The third kappa shape index (κ3) is 4.35. The first kappa shape index (κ1) is 15.1. The molecule has 2 rings (SSSR count). The number of carbonyl (C=O) groups is 1. The van der Waals surface area contributed by atoms with Crippen LogP contribution in [0.3, 0.4) is 0 Å². The molecule has 5 heteroatoms. The molecule has 0 radical (unpaired) electrons. The highest BCUT2D eigenvalue weighted by molar-refractivity contribution is 5.81. The lowest BCUT2D eigenvalue weighted by Crippen LogP contribution is -2.49. The summed E-state index contributed by atoms with van der Waals surface area (Å²) in [5.74, 6) is 0.789. The molecular weight excluding hydrogens is 254 g/mol. The Morgan fingerprint density at radius 1 is 1.55 bits per heavy atom. The van der Waals surface area contributed by atoms with Gasteiger partial charge in [0.05, 0.1) is 18.8 Å². The van der Waals surface area contributed by atoms with Crippen LogP contribution < -0.4 is 10.6 Å². The first-order chi connectivity index (χ1) is 9.66. The van der Waals surface area contributed by atoms with Crippen LogP contribution in [0.25, 0.3) is 0 Å². The van der Waals surface area contributed by atoms with E-state index < -0.39 is 0 Å². The maximum atomic E-state index is 12.0. The van der Waals surface area contributed by atoms with Gasteiger partial charge in [-0.25, -0.2) is 0 Å². The predicted octanol–water partition coefficient (Wildman–Crippen LogP) is 1.36. The van der Waals surface area contributed by atoms with Gasteiger partial charge < -0.3 is 20.0 Å². The van der Waals surface area contributed by atoms with Crippen LogP contribution in [0.1, 0.15) is 31.9 Å². The molecule has 2 heterocycles. The molecule has 1 saturated heterocycles. The number of rotatable bonds is 6. The van der Waals surface area contributed by atoms with E-state index in [9.17, 15) is 4.79 Å². The Labute approximate surface area is 120 Å². The van der Waals surface area contributed by atoms with Crippen LogP contribution in [0.5, 0.6) is 0 Å². The van der Waals surface area contributed by atoms with E-state index in [1.165, 1.54) is 19.3 Å². The second-order valence-corrected chi connectivity index (χ2v) is 5.56. The van der Waals surface area contributed by atoms with Gasteiger partial charge in [0.2, 0.25) is 5.91 Å². The number of nitrogens with one attached hydrogen (secondary N) is 2. The fourth-order valence-corrected chi connectivity index (χ4v) is 2.55. The molecule has 2 unspecified atom stereocenters. The summed E-state index contributed by atoms with van der Waals surface area (Å²) in [5, 5.41) is 6.20. The van der Waals surface area contributed by atoms with E-state index in [0.717, 1.165) is 18.8 Å². The van der Waals surface area contributed by atoms with Crippen molar-refractivity contribution < 1.29 is 9.21 Å². The van der Waals surface area contributed by atoms with E-state index in [4.69, 9.17) is 4.42 Å². The Kier molecular flexibility index (Phi) is 5.61. The zero-order valence-electron chi connectivity index (χ0n) is 12.4. The van der Waals surface area contributed by atoms with Crippen LogP contribution in [-0.2, 0) is 11.3 Å². The van der Waals surface area contributed by atoms with Crippen LogP contribution in [0, 0.1) is 0 Å². The minimum Gasteiger partial charge on any atom is -0.467 e. The van der Waals surface area contributed by atoms with Gasteiger partial charge in [0, 0.05) is 12.6 Å². The molecule has 1 aliphatic rings. The number of hydrogen-bond donors (Lipinski definition) is 2. The Bertz CT molecular complexity index is 405. The topological polar surface area (TPSA) is 57.5 Å². The van der Waals surface area contributed by atoms with Gasteiger partial charge in [-0.2, -0.15) is 0 Å². The zero-order chi connectivity index (χ0) is 14.4. The molecule has 0 aromatic carbocycles. The zero-order valence-corrected chi connectivity index (χ0v) is 12.4. The van der Waals surface area contributed by atoms with Gasteiger partial charge in [-0.1, -0.05) is 6.42 Å². The summed E-state index contributed by atoms with van der Waals surface area (Å²) in [6.07, 6.45) is 5.40. The lowest BCUT2D eigenvalue weighted by atomic mass is 10.0. The number of hydrogen-bond acceptors (Lipinski definition) is 4. The van der Waals surface area contributed by atoms with E-state index in [0.29, 0.717) is 12.6 Å². The van der Waals surface area contributed by atoms with Crippen LogP contribution in [0.4, 0.5) is 0 Å². The Balaban J connectivity index is 1.68. The highest BCUT2D eigenvalue weighted by Gasteiger charge is 2.20. The van der Waals surface area contributed by atoms with Gasteiger partial charge in [-0.3, -0.25) is 4.79 Å². The summed E-state index contributed by atoms with van der Waals surface area (Å²) in [7, 11) is 2.16. The third-order valence-electron chi connectivity index (χ3n) is 3.99. The summed E-state index contributed by atoms with van der Waals surface area (Å²) in [6.45, 7) is 4.37. The molecule has 2 N–H and O–H groups in total. The number of piperidine rings is 1. The lowest BCUT2D eigenvalue weighted by Gasteiger charge is -2.33. The van der Waals surface area contributed by atoms with Gasteiger partial charge in [0.1, 0.15) is 5.76 Å². The Morgan fingerprint density at radius 2 is 2.40 bits per heavy atom.